The van der Waals surface area contributed by atoms with E-state index in [1.165, 1.54) is 16.7 Å². The zero-order valence-electron chi connectivity index (χ0n) is 13.9. The summed E-state index contributed by atoms with van der Waals surface area (Å²) in [6, 6.07) is 5.37. The SMILES string of the molecule is CCC(C(=O)O)n1c(=NC(=O)c2ccc(F)cc2)sc2cc(F)c(F)cc21. The molecule has 1 amide bonds. The van der Waals surface area contributed by atoms with Gasteiger partial charge in [-0.2, -0.15) is 4.99 Å². The number of carboxylic acids is 1. The Balaban J connectivity index is 2.26. The third-order valence-electron chi connectivity index (χ3n) is 3.94. The highest BCUT2D eigenvalue weighted by atomic mass is 32.1. The van der Waals surface area contributed by atoms with Crippen LogP contribution in [0.5, 0.6) is 0 Å². The monoisotopic (exact) mass is 394 g/mol. The van der Waals surface area contributed by atoms with Crippen LogP contribution in [0.1, 0.15) is 29.7 Å². The van der Waals surface area contributed by atoms with Gasteiger partial charge in [0, 0.05) is 11.6 Å². The summed E-state index contributed by atoms with van der Waals surface area (Å²) in [5, 5.41) is 9.48. The molecule has 0 bridgehead atoms. The zero-order chi connectivity index (χ0) is 19.7. The van der Waals surface area contributed by atoms with Gasteiger partial charge in [-0.05, 0) is 36.8 Å². The van der Waals surface area contributed by atoms with Crippen LogP contribution in [0, 0.1) is 17.5 Å². The van der Waals surface area contributed by atoms with Crippen LogP contribution in [0.15, 0.2) is 41.4 Å². The van der Waals surface area contributed by atoms with Crippen molar-refractivity contribution in [2.24, 2.45) is 4.99 Å². The lowest BCUT2D eigenvalue weighted by molar-refractivity contribution is -0.140. The first-order valence-electron chi connectivity index (χ1n) is 7.89. The van der Waals surface area contributed by atoms with Crippen LogP contribution in [0.3, 0.4) is 0 Å². The molecule has 5 nitrogen and oxygen atoms in total. The number of hydrogen-bond acceptors (Lipinski definition) is 3. The van der Waals surface area contributed by atoms with E-state index in [4.69, 9.17) is 0 Å². The van der Waals surface area contributed by atoms with E-state index in [-0.39, 0.29) is 27.0 Å². The molecule has 0 spiro atoms. The molecule has 0 aliphatic carbocycles. The smallest absolute Gasteiger partial charge is 0.326 e. The number of benzene rings is 2. The van der Waals surface area contributed by atoms with E-state index >= 15 is 0 Å². The summed E-state index contributed by atoms with van der Waals surface area (Å²) >= 11 is 0.865. The van der Waals surface area contributed by atoms with Gasteiger partial charge in [-0.1, -0.05) is 18.3 Å². The van der Waals surface area contributed by atoms with Gasteiger partial charge in [0.15, 0.2) is 16.4 Å². The van der Waals surface area contributed by atoms with Gasteiger partial charge in [0.25, 0.3) is 5.91 Å². The van der Waals surface area contributed by atoms with E-state index in [2.05, 4.69) is 4.99 Å². The van der Waals surface area contributed by atoms with Gasteiger partial charge in [-0.15, -0.1) is 0 Å². The van der Waals surface area contributed by atoms with Crippen molar-refractivity contribution in [1.82, 2.24) is 4.57 Å². The number of nitrogens with zero attached hydrogens (tertiary/aromatic N) is 2. The molecule has 2 aromatic carbocycles. The average Bonchev–Trinajstić information content (AvgIpc) is 2.93. The number of carboxylic acid groups (broad SMARTS) is 1. The number of aromatic nitrogens is 1. The summed E-state index contributed by atoms with van der Waals surface area (Å²) in [6.07, 6.45) is 0.137. The molecule has 1 aromatic heterocycles. The van der Waals surface area contributed by atoms with Crippen molar-refractivity contribution >= 4 is 33.4 Å². The van der Waals surface area contributed by atoms with Gasteiger partial charge < -0.3 is 9.67 Å². The summed E-state index contributed by atoms with van der Waals surface area (Å²) in [5.41, 5.74) is 0.222. The molecule has 1 heterocycles. The fraction of sp³-hybridized carbons (Fsp3) is 0.167. The van der Waals surface area contributed by atoms with Gasteiger partial charge >= 0.3 is 5.97 Å². The summed E-state index contributed by atoms with van der Waals surface area (Å²) in [7, 11) is 0. The predicted octanol–water partition coefficient (Wildman–Crippen LogP) is 3.90. The Morgan fingerprint density at radius 1 is 1.15 bits per heavy atom. The van der Waals surface area contributed by atoms with Crippen molar-refractivity contribution in [3.63, 3.8) is 0 Å². The molecule has 27 heavy (non-hydrogen) atoms. The van der Waals surface area contributed by atoms with Crippen molar-refractivity contribution in [2.75, 3.05) is 0 Å². The number of carbonyl (C=O) groups is 2. The van der Waals surface area contributed by atoms with Gasteiger partial charge in [0.2, 0.25) is 0 Å². The number of fused-ring (bicyclic) bond motifs is 1. The van der Waals surface area contributed by atoms with E-state index < -0.39 is 35.4 Å². The fourth-order valence-corrected chi connectivity index (χ4v) is 3.70. The lowest BCUT2D eigenvalue weighted by atomic mass is 10.2. The largest absolute Gasteiger partial charge is 0.480 e. The van der Waals surface area contributed by atoms with Crippen LogP contribution in [-0.2, 0) is 4.79 Å². The number of thiazole rings is 1. The second kappa shape index (κ2) is 7.36. The number of rotatable bonds is 4. The number of halogens is 3. The van der Waals surface area contributed by atoms with Crippen molar-refractivity contribution in [2.45, 2.75) is 19.4 Å². The quantitative estimate of drug-likeness (QED) is 0.730. The molecule has 9 heteroatoms. The van der Waals surface area contributed by atoms with Crippen LogP contribution >= 0.6 is 11.3 Å². The second-order valence-electron chi connectivity index (χ2n) is 5.67. The van der Waals surface area contributed by atoms with Gasteiger partial charge in [-0.25, -0.2) is 18.0 Å². The third-order valence-corrected chi connectivity index (χ3v) is 4.96. The first-order chi connectivity index (χ1) is 12.8. The fourth-order valence-electron chi connectivity index (χ4n) is 2.63. The highest BCUT2D eigenvalue weighted by molar-refractivity contribution is 7.16. The minimum absolute atomic E-state index is 0.0152. The van der Waals surface area contributed by atoms with Crippen LogP contribution in [0.4, 0.5) is 13.2 Å². The number of aliphatic carboxylic acids is 1. The normalized spacial score (nSPS) is 13.1. The molecule has 0 saturated carbocycles. The van der Waals surface area contributed by atoms with E-state index in [1.54, 1.807) is 6.92 Å². The van der Waals surface area contributed by atoms with Crippen molar-refractivity contribution in [1.29, 1.82) is 0 Å². The Kier molecular flexibility index (Phi) is 5.13. The molecule has 0 fully saturated rings. The Morgan fingerprint density at radius 3 is 2.37 bits per heavy atom. The molecule has 3 aromatic rings. The van der Waals surface area contributed by atoms with Crippen LogP contribution in [0.25, 0.3) is 10.2 Å². The molecular formula is C18H13F3N2O3S. The molecule has 3 rings (SSSR count). The Hall–Kier alpha value is -2.94. The van der Waals surface area contributed by atoms with E-state index in [9.17, 15) is 27.9 Å². The predicted molar refractivity (Wildman–Crippen MR) is 93.0 cm³/mol. The first kappa shape index (κ1) is 18.8. The van der Waals surface area contributed by atoms with Crippen LogP contribution in [-0.4, -0.2) is 21.6 Å². The van der Waals surface area contributed by atoms with Crippen LogP contribution < -0.4 is 4.80 Å². The molecule has 140 valence electrons. The molecule has 1 unspecified atom stereocenters. The summed E-state index contributed by atoms with van der Waals surface area (Å²) in [5.74, 6) is -4.66. The Labute approximate surface area is 155 Å². The minimum atomic E-state index is -1.20. The molecule has 1 N–H and O–H groups in total. The molecule has 0 aliphatic rings. The van der Waals surface area contributed by atoms with Crippen LogP contribution in [0.2, 0.25) is 0 Å². The third kappa shape index (κ3) is 3.63. The van der Waals surface area contributed by atoms with E-state index in [0.717, 1.165) is 35.6 Å². The van der Waals surface area contributed by atoms with E-state index in [0.29, 0.717) is 0 Å². The molecule has 0 saturated heterocycles. The highest BCUT2D eigenvalue weighted by Gasteiger charge is 2.23. The number of carbonyl (C=O) groups excluding carboxylic acids is 1. The maximum atomic E-state index is 13.7. The Morgan fingerprint density at radius 2 is 1.78 bits per heavy atom. The molecule has 0 radical (unpaired) electrons. The molecular weight excluding hydrogens is 381 g/mol. The average molecular weight is 394 g/mol. The van der Waals surface area contributed by atoms with Crippen molar-refractivity contribution in [3.05, 3.63) is 64.2 Å². The minimum Gasteiger partial charge on any atom is -0.480 e. The summed E-state index contributed by atoms with van der Waals surface area (Å²) in [4.78, 5) is 27.9. The van der Waals surface area contributed by atoms with Gasteiger partial charge in [-0.3, -0.25) is 4.79 Å². The standard InChI is InChI=1S/C18H13F3N2O3S/c1-2-13(17(25)26)23-14-7-11(20)12(21)8-15(14)27-18(23)22-16(24)9-3-5-10(19)6-4-9/h3-8,13H,2H2,1H3,(H,25,26). The van der Waals surface area contributed by atoms with Gasteiger partial charge in [0.05, 0.1) is 10.2 Å². The number of hydrogen-bond donors (Lipinski definition) is 1. The summed E-state index contributed by atoms with van der Waals surface area (Å²) in [6.45, 7) is 1.61. The lowest BCUT2D eigenvalue weighted by Gasteiger charge is -2.13. The molecule has 0 aliphatic heterocycles. The van der Waals surface area contributed by atoms with E-state index in [1.807, 2.05) is 0 Å². The second-order valence-corrected chi connectivity index (χ2v) is 6.68. The number of amides is 1. The zero-order valence-corrected chi connectivity index (χ0v) is 14.8. The van der Waals surface area contributed by atoms with Crippen molar-refractivity contribution in [3.8, 4) is 0 Å². The Bertz CT molecular complexity index is 1100. The maximum absolute atomic E-state index is 13.7. The topological polar surface area (TPSA) is 71.7 Å². The first-order valence-corrected chi connectivity index (χ1v) is 8.71. The highest BCUT2D eigenvalue weighted by Crippen LogP contribution is 2.25. The maximum Gasteiger partial charge on any atom is 0.326 e. The van der Waals surface area contributed by atoms with Gasteiger partial charge in [0.1, 0.15) is 11.9 Å². The lowest BCUT2D eigenvalue weighted by Crippen LogP contribution is -2.27. The molecule has 1 atom stereocenters. The van der Waals surface area contributed by atoms with Crippen molar-refractivity contribution < 1.29 is 27.9 Å². The summed E-state index contributed by atoms with van der Waals surface area (Å²) < 4.78 is 41.7.